The zero-order valence-electron chi connectivity index (χ0n) is 30.8. The van der Waals surface area contributed by atoms with Gasteiger partial charge < -0.3 is 18.9 Å². The molecule has 0 bridgehead atoms. The Balaban J connectivity index is 4.55. The quantitative estimate of drug-likeness (QED) is 0.0239. The number of phosphoric acid groups is 1. The second kappa shape index (κ2) is 30.5. The average Bonchev–Trinajstić information content (AvgIpc) is 3.01. The summed E-state index contributed by atoms with van der Waals surface area (Å²) in [4.78, 5) is 35.0. The Morgan fingerprint density at radius 2 is 1.19 bits per heavy atom. The van der Waals surface area contributed by atoms with Crippen LogP contribution < -0.4 is 0 Å². The largest absolute Gasteiger partial charge is 0.472 e. The van der Waals surface area contributed by atoms with Crippen molar-refractivity contribution in [3.05, 3.63) is 24.3 Å². The van der Waals surface area contributed by atoms with E-state index < -0.39 is 26.5 Å². The lowest BCUT2D eigenvalue weighted by Crippen LogP contribution is -2.37. The molecule has 0 saturated carbocycles. The maximum Gasteiger partial charge on any atom is 0.472 e. The lowest BCUT2D eigenvalue weighted by atomic mass is 10.1. The van der Waals surface area contributed by atoms with Crippen LogP contribution in [0, 0.1) is 0 Å². The SMILES string of the molecule is CCCCCCCC/C=C/C/C=C/CCC(=O)OC(COC(=O)CCCCCCCCCCCC)COP(=O)(O)OCC[N+](C)(C)C. The van der Waals surface area contributed by atoms with Crippen molar-refractivity contribution in [3.63, 3.8) is 0 Å². The topological polar surface area (TPSA) is 108 Å². The Hall–Kier alpha value is -1.51. The third-order valence-electron chi connectivity index (χ3n) is 7.75. The molecule has 1 N–H and O–H groups in total. The van der Waals surface area contributed by atoms with Crippen LogP contribution in [0.2, 0.25) is 0 Å². The Morgan fingerprint density at radius 1 is 0.660 bits per heavy atom. The highest BCUT2D eigenvalue weighted by Gasteiger charge is 2.27. The molecule has 2 atom stereocenters. The highest BCUT2D eigenvalue weighted by atomic mass is 31.2. The van der Waals surface area contributed by atoms with Gasteiger partial charge in [-0.1, -0.05) is 128 Å². The number of carbonyl (C=O) groups excluding carboxylic acids is 2. The van der Waals surface area contributed by atoms with Crippen molar-refractivity contribution in [2.45, 2.75) is 155 Å². The first-order valence-corrected chi connectivity index (χ1v) is 20.1. The van der Waals surface area contributed by atoms with Gasteiger partial charge in [0, 0.05) is 12.8 Å². The fraction of sp³-hybridized carbons (Fsp3) is 0.838. The number of likely N-dealkylation sites (N-methyl/N-ethyl adjacent to an activating group) is 1. The normalized spacial score (nSPS) is 14.1. The standard InChI is InChI=1S/C37H70NO8P/c1-6-8-10-12-14-16-18-19-20-22-24-26-28-30-37(40)46-35(34-45-47(41,42)44-32-31-38(3,4)5)33-43-36(39)29-27-25-23-21-17-15-13-11-9-7-2/h19-20,24,26,35H,6-18,21-23,25,27-34H2,1-5H3/p+1/b20-19+,26-24+. The number of ether oxygens (including phenoxy) is 2. The zero-order chi connectivity index (χ0) is 35.1. The van der Waals surface area contributed by atoms with E-state index in [-0.39, 0.29) is 32.0 Å². The van der Waals surface area contributed by atoms with Gasteiger partial charge in [0.1, 0.15) is 19.8 Å². The number of hydrogen-bond acceptors (Lipinski definition) is 7. The average molecular weight is 689 g/mol. The Labute approximate surface area is 288 Å². The van der Waals surface area contributed by atoms with Crippen molar-refractivity contribution < 1.29 is 42.1 Å². The molecule has 0 radical (unpaired) electrons. The van der Waals surface area contributed by atoms with Crippen LogP contribution in [0.15, 0.2) is 24.3 Å². The number of esters is 2. The molecule has 0 aliphatic carbocycles. The third-order valence-corrected chi connectivity index (χ3v) is 8.73. The number of carbonyl (C=O) groups is 2. The van der Waals surface area contributed by atoms with Gasteiger partial charge >= 0.3 is 19.8 Å². The minimum atomic E-state index is -4.37. The van der Waals surface area contributed by atoms with Crippen LogP contribution in [-0.4, -0.2) is 74.9 Å². The van der Waals surface area contributed by atoms with Crippen LogP contribution in [-0.2, 0) is 32.7 Å². The van der Waals surface area contributed by atoms with E-state index in [2.05, 4.69) is 26.0 Å². The molecule has 0 fully saturated rings. The van der Waals surface area contributed by atoms with E-state index in [1.807, 2.05) is 33.3 Å². The summed E-state index contributed by atoms with van der Waals surface area (Å²) in [6.45, 7) is 4.31. The molecule has 0 aliphatic rings. The van der Waals surface area contributed by atoms with Crippen LogP contribution in [0.4, 0.5) is 0 Å². The van der Waals surface area contributed by atoms with E-state index in [0.29, 0.717) is 17.4 Å². The second-order valence-electron chi connectivity index (χ2n) is 13.6. The number of nitrogens with zero attached hydrogens (tertiary/aromatic N) is 1. The highest BCUT2D eigenvalue weighted by molar-refractivity contribution is 7.47. The Morgan fingerprint density at radius 3 is 1.77 bits per heavy atom. The van der Waals surface area contributed by atoms with Crippen molar-refractivity contribution in [1.82, 2.24) is 0 Å². The predicted octanol–water partition coefficient (Wildman–Crippen LogP) is 9.63. The Bertz CT molecular complexity index is 871. The van der Waals surface area contributed by atoms with Gasteiger partial charge in [-0.3, -0.25) is 18.6 Å². The van der Waals surface area contributed by atoms with Crippen molar-refractivity contribution in [2.75, 3.05) is 47.5 Å². The predicted molar refractivity (Wildman–Crippen MR) is 192 cm³/mol. The molecule has 0 aromatic rings. The minimum absolute atomic E-state index is 0.0240. The Kier molecular flexibility index (Phi) is 29.6. The molecule has 276 valence electrons. The first kappa shape index (κ1) is 45.5. The molecule has 0 aromatic heterocycles. The molecular weight excluding hydrogens is 617 g/mol. The summed E-state index contributed by atoms with van der Waals surface area (Å²) < 4.78 is 34.0. The summed E-state index contributed by atoms with van der Waals surface area (Å²) in [7, 11) is 1.45. The lowest BCUT2D eigenvalue weighted by molar-refractivity contribution is -0.870. The van der Waals surface area contributed by atoms with E-state index in [4.69, 9.17) is 18.5 Å². The molecule has 2 unspecified atom stereocenters. The van der Waals surface area contributed by atoms with Crippen LogP contribution in [0.3, 0.4) is 0 Å². The van der Waals surface area contributed by atoms with Crippen LogP contribution >= 0.6 is 7.82 Å². The van der Waals surface area contributed by atoms with Gasteiger partial charge in [-0.15, -0.1) is 0 Å². The first-order chi connectivity index (χ1) is 22.5. The minimum Gasteiger partial charge on any atom is -0.462 e. The molecule has 0 aromatic carbocycles. The summed E-state index contributed by atoms with van der Waals surface area (Å²) in [6, 6.07) is 0. The number of unbranched alkanes of at least 4 members (excludes halogenated alkanes) is 15. The van der Waals surface area contributed by atoms with Gasteiger partial charge in [0.25, 0.3) is 0 Å². The van der Waals surface area contributed by atoms with Gasteiger partial charge in [0.2, 0.25) is 0 Å². The molecule has 0 saturated heterocycles. The van der Waals surface area contributed by atoms with Crippen molar-refractivity contribution in [3.8, 4) is 0 Å². The third kappa shape index (κ3) is 34.2. The molecule has 0 rings (SSSR count). The van der Waals surface area contributed by atoms with Crippen molar-refractivity contribution in [1.29, 1.82) is 0 Å². The maximum atomic E-state index is 12.5. The molecule has 10 heteroatoms. The molecule has 9 nitrogen and oxygen atoms in total. The van der Waals surface area contributed by atoms with Gasteiger partial charge in [-0.05, 0) is 32.1 Å². The van der Waals surface area contributed by atoms with Gasteiger partial charge in [-0.25, -0.2) is 4.57 Å². The summed E-state index contributed by atoms with van der Waals surface area (Å²) in [5.74, 6) is -0.879. The van der Waals surface area contributed by atoms with E-state index >= 15 is 0 Å². The van der Waals surface area contributed by atoms with E-state index in [0.717, 1.165) is 32.1 Å². The second-order valence-corrected chi connectivity index (χ2v) is 15.1. The van der Waals surface area contributed by atoms with E-state index in [1.54, 1.807) is 0 Å². The monoisotopic (exact) mass is 688 g/mol. The van der Waals surface area contributed by atoms with Crippen LogP contribution in [0.25, 0.3) is 0 Å². The number of hydrogen-bond donors (Lipinski definition) is 1. The fourth-order valence-electron chi connectivity index (χ4n) is 4.77. The zero-order valence-corrected chi connectivity index (χ0v) is 31.7. The van der Waals surface area contributed by atoms with Crippen LogP contribution in [0.1, 0.15) is 149 Å². The lowest BCUT2D eigenvalue weighted by Gasteiger charge is -2.24. The molecule has 0 heterocycles. The number of allylic oxidation sites excluding steroid dienone is 4. The molecular formula is C37H71NO8P+. The highest BCUT2D eigenvalue weighted by Crippen LogP contribution is 2.43. The number of rotatable bonds is 33. The van der Waals surface area contributed by atoms with E-state index in [1.165, 1.54) is 83.5 Å². The van der Waals surface area contributed by atoms with Gasteiger partial charge in [0.15, 0.2) is 6.10 Å². The summed E-state index contributed by atoms with van der Waals surface area (Å²) in [6.07, 6.45) is 29.6. The molecule has 0 amide bonds. The van der Waals surface area contributed by atoms with Crippen LogP contribution in [0.5, 0.6) is 0 Å². The van der Waals surface area contributed by atoms with Crippen molar-refractivity contribution >= 4 is 19.8 Å². The smallest absolute Gasteiger partial charge is 0.462 e. The number of quaternary nitrogens is 1. The van der Waals surface area contributed by atoms with Gasteiger partial charge in [0.05, 0.1) is 27.7 Å². The summed E-state index contributed by atoms with van der Waals surface area (Å²) in [5, 5.41) is 0. The molecule has 0 aliphatic heterocycles. The van der Waals surface area contributed by atoms with Gasteiger partial charge in [-0.2, -0.15) is 0 Å². The number of phosphoric ester groups is 1. The van der Waals surface area contributed by atoms with Crippen molar-refractivity contribution in [2.24, 2.45) is 0 Å². The molecule has 47 heavy (non-hydrogen) atoms. The van der Waals surface area contributed by atoms with E-state index in [9.17, 15) is 19.0 Å². The first-order valence-electron chi connectivity index (χ1n) is 18.6. The molecule has 0 spiro atoms. The maximum absolute atomic E-state index is 12.5. The summed E-state index contributed by atoms with van der Waals surface area (Å²) in [5.41, 5.74) is 0. The summed E-state index contributed by atoms with van der Waals surface area (Å²) >= 11 is 0. The fourth-order valence-corrected chi connectivity index (χ4v) is 5.51.